The summed E-state index contributed by atoms with van der Waals surface area (Å²) in [5.74, 6) is 0.0660. The number of carbonyl (C=O) groups excluding carboxylic acids is 2. The Balaban J connectivity index is 1.13. The van der Waals surface area contributed by atoms with Gasteiger partial charge in [0.15, 0.2) is 11.3 Å². The maximum atomic E-state index is 14.0. The lowest BCUT2D eigenvalue weighted by atomic mass is 9.91. The van der Waals surface area contributed by atoms with Gasteiger partial charge in [-0.2, -0.15) is 0 Å². The molecule has 0 radical (unpaired) electrons. The summed E-state index contributed by atoms with van der Waals surface area (Å²) in [6.45, 7) is 1.87. The fourth-order valence-electron chi connectivity index (χ4n) is 4.81. The van der Waals surface area contributed by atoms with Crippen LogP contribution in [0.1, 0.15) is 29.8 Å². The smallest absolute Gasteiger partial charge is 0.324 e. The summed E-state index contributed by atoms with van der Waals surface area (Å²) in [5.41, 5.74) is 1.06. The number of halogens is 1. The molecule has 32 heavy (non-hydrogen) atoms. The van der Waals surface area contributed by atoms with Crippen molar-refractivity contribution in [3.63, 3.8) is 0 Å². The molecule has 166 valence electrons. The van der Waals surface area contributed by atoms with Crippen molar-refractivity contribution in [1.82, 2.24) is 15.2 Å². The van der Waals surface area contributed by atoms with Crippen LogP contribution in [0.5, 0.6) is 0 Å². The molecule has 0 bridgehead atoms. The Morgan fingerprint density at radius 1 is 1.28 bits per heavy atom. The van der Waals surface area contributed by atoms with Crippen LogP contribution < -0.4 is 10.2 Å². The average molecular weight is 436 g/mol. The van der Waals surface area contributed by atoms with Crippen LogP contribution in [-0.4, -0.2) is 48.5 Å². The number of urea groups is 1. The standard InChI is InChI=1S/C24H25FN4O3/c1-28(19-5-3-2-4-18(19)25)23(31)29-10-7-24(8-11-29)13-17(24)14-27-22(30)20-12-16-6-9-26-15-21(16)32-20/h2-6,9,12,15,17H,7-8,10-11,13-14H2,1H3,(H,27,30). The minimum atomic E-state index is -0.407. The zero-order valence-electron chi connectivity index (χ0n) is 17.9. The molecule has 3 heterocycles. The molecule has 1 saturated carbocycles. The second-order valence-electron chi connectivity index (χ2n) is 8.78. The van der Waals surface area contributed by atoms with Crippen molar-refractivity contribution in [2.75, 3.05) is 31.6 Å². The lowest BCUT2D eigenvalue weighted by Crippen LogP contribution is -2.46. The minimum Gasteiger partial charge on any atom is -0.449 e. The van der Waals surface area contributed by atoms with E-state index in [-0.39, 0.29) is 23.0 Å². The van der Waals surface area contributed by atoms with Crippen molar-refractivity contribution >= 4 is 28.6 Å². The number of para-hydroxylation sites is 1. The lowest BCUT2D eigenvalue weighted by Gasteiger charge is -2.35. The quantitative estimate of drug-likeness (QED) is 0.669. The molecule has 8 heteroatoms. The van der Waals surface area contributed by atoms with E-state index in [2.05, 4.69) is 10.3 Å². The number of nitrogens with one attached hydrogen (secondary N) is 1. The molecule has 1 saturated heterocycles. The Morgan fingerprint density at radius 2 is 2.06 bits per heavy atom. The van der Waals surface area contributed by atoms with Gasteiger partial charge >= 0.3 is 6.03 Å². The molecule has 2 aliphatic rings. The number of aromatic nitrogens is 1. The van der Waals surface area contributed by atoms with Gasteiger partial charge in [0.1, 0.15) is 5.82 Å². The third-order valence-corrected chi connectivity index (χ3v) is 6.95. The number of hydrogen-bond donors (Lipinski definition) is 1. The lowest BCUT2D eigenvalue weighted by molar-refractivity contribution is 0.0922. The van der Waals surface area contributed by atoms with E-state index in [1.165, 1.54) is 11.0 Å². The van der Waals surface area contributed by atoms with Crippen molar-refractivity contribution in [2.45, 2.75) is 19.3 Å². The predicted octanol–water partition coefficient (Wildman–Crippen LogP) is 4.06. The largest absolute Gasteiger partial charge is 0.449 e. The fraction of sp³-hybridized carbons (Fsp3) is 0.375. The van der Waals surface area contributed by atoms with E-state index < -0.39 is 5.82 Å². The maximum absolute atomic E-state index is 14.0. The molecule has 1 aromatic carbocycles. The molecule has 1 atom stereocenters. The molecule has 1 unspecified atom stereocenters. The Morgan fingerprint density at radius 3 is 2.81 bits per heavy atom. The maximum Gasteiger partial charge on any atom is 0.324 e. The summed E-state index contributed by atoms with van der Waals surface area (Å²) in [7, 11) is 1.61. The van der Waals surface area contributed by atoms with Crippen molar-refractivity contribution < 1.29 is 18.4 Å². The zero-order valence-corrected chi connectivity index (χ0v) is 17.9. The first-order valence-corrected chi connectivity index (χ1v) is 10.9. The second-order valence-corrected chi connectivity index (χ2v) is 8.78. The van der Waals surface area contributed by atoms with E-state index in [1.807, 2.05) is 6.07 Å². The van der Waals surface area contributed by atoms with E-state index in [4.69, 9.17) is 4.42 Å². The van der Waals surface area contributed by atoms with Crippen molar-refractivity contribution in [2.24, 2.45) is 11.3 Å². The number of fused-ring (bicyclic) bond motifs is 1. The van der Waals surface area contributed by atoms with Crippen LogP contribution in [0.15, 0.2) is 53.2 Å². The summed E-state index contributed by atoms with van der Waals surface area (Å²) in [4.78, 5) is 32.5. The molecular weight excluding hydrogens is 411 g/mol. The molecular formula is C24H25FN4O3. The monoisotopic (exact) mass is 436 g/mol. The van der Waals surface area contributed by atoms with Gasteiger partial charge in [-0.05, 0) is 54.9 Å². The highest BCUT2D eigenvalue weighted by Gasteiger charge is 2.55. The van der Waals surface area contributed by atoms with Gasteiger partial charge in [-0.3, -0.25) is 14.7 Å². The van der Waals surface area contributed by atoms with Gasteiger partial charge in [0, 0.05) is 38.3 Å². The molecule has 1 aliphatic heterocycles. The Kier molecular flexibility index (Phi) is 5.07. The SMILES string of the molecule is CN(C(=O)N1CCC2(CC1)CC2CNC(=O)c1cc2ccncc2o1)c1ccccc1F. The topological polar surface area (TPSA) is 78.7 Å². The number of rotatable bonds is 4. The summed E-state index contributed by atoms with van der Waals surface area (Å²) in [6, 6.07) is 9.65. The Hall–Kier alpha value is -3.42. The Labute approximate surface area is 185 Å². The molecule has 1 aliphatic carbocycles. The van der Waals surface area contributed by atoms with E-state index in [0.717, 1.165) is 24.6 Å². The zero-order chi connectivity index (χ0) is 22.3. The molecule has 1 N–H and O–H groups in total. The van der Waals surface area contributed by atoms with Gasteiger partial charge in [-0.25, -0.2) is 9.18 Å². The van der Waals surface area contributed by atoms with Crippen LogP contribution in [0.3, 0.4) is 0 Å². The van der Waals surface area contributed by atoms with Crippen LogP contribution in [0.4, 0.5) is 14.9 Å². The molecule has 1 spiro atoms. The first-order chi connectivity index (χ1) is 15.5. The van der Waals surface area contributed by atoms with Crippen LogP contribution in [0.2, 0.25) is 0 Å². The number of pyridine rings is 1. The summed E-state index contributed by atoms with van der Waals surface area (Å²) in [5, 5.41) is 3.84. The minimum absolute atomic E-state index is 0.179. The third-order valence-electron chi connectivity index (χ3n) is 6.95. The number of hydrogen-bond acceptors (Lipinski definition) is 4. The highest BCUT2D eigenvalue weighted by molar-refractivity contribution is 5.96. The van der Waals surface area contributed by atoms with Gasteiger partial charge in [-0.15, -0.1) is 0 Å². The van der Waals surface area contributed by atoms with Gasteiger partial charge in [0.05, 0.1) is 11.9 Å². The highest BCUT2D eigenvalue weighted by atomic mass is 19.1. The van der Waals surface area contributed by atoms with Gasteiger partial charge in [0.25, 0.3) is 5.91 Å². The summed E-state index contributed by atoms with van der Waals surface area (Å²) in [6.07, 6.45) is 6.09. The van der Waals surface area contributed by atoms with Gasteiger partial charge in [-0.1, -0.05) is 12.1 Å². The molecule has 2 aromatic heterocycles. The van der Waals surface area contributed by atoms with E-state index >= 15 is 0 Å². The van der Waals surface area contributed by atoms with E-state index in [0.29, 0.717) is 36.9 Å². The number of amides is 3. The molecule has 7 nitrogen and oxygen atoms in total. The van der Waals surface area contributed by atoms with Crippen molar-refractivity contribution in [1.29, 1.82) is 0 Å². The highest BCUT2D eigenvalue weighted by Crippen LogP contribution is 2.59. The average Bonchev–Trinajstić information content (AvgIpc) is 3.28. The van der Waals surface area contributed by atoms with Crippen molar-refractivity contribution in [3.05, 3.63) is 60.4 Å². The van der Waals surface area contributed by atoms with Crippen LogP contribution in [0.25, 0.3) is 11.0 Å². The van der Waals surface area contributed by atoms with Crippen LogP contribution >= 0.6 is 0 Å². The number of anilines is 1. The summed E-state index contributed by atoms with van der Waals surface area (Å²) >= 11 is 0. The molecule has 3 aromatic rings. The molecule has 5 rings (SSSR count). The number of carbonyl (C=O) groups is 2. The van der Waals surface area contributed by atoms with Gasteiger partial charge < -0.3 is 14.6 Å². The van der Waals surface area contributed by atoms with E-state index in [9.17, 15) is 14.0 Å². The van der Waals surface area contributed by atoms with Crippen molar-refractivity contribution in [3.8, 4) is 0 Å². The number of piperidine rings is 1. The summed E-state index contributed by atoms with van der Waals surface area (Å²) < 4.78 is 19.6. The normalized spacial score (nSPS) is 19.2. The number of furan rings is 1. The van der Waals surface area contributed by atoms with Crippen LogP contribution in [0, 0.1) is 17.2 Å². The molecule has 2 fully saturated rings. The van der Waals surface area contributed by atoms with Crippen LogP contribution in [-0.2, 0) is 0 Å². The first kappa shape index (κ1) is 20.5. The Bertz CT molecular complexity index is 1140. The second kappa shape index (κ2) is 7.93. The number of likely N-dealkylation sites (tertiary alicyclic amines) is 1. The molecule has 3 amide bonds. The number of nitrogens with zero attached hydrogens (tertiary/aromatic N) is 3. The predicted molar refractivity (Wildman–Crippen MR) is 118 cm³/mol. The van der Waals surface area contributed by atoms with Gasteiger partial charge in [0.2, 0.25) is 0 Å². The first-order valence-electron chi connectivity index (χ1n) is 10.9. The fourth-order valence-corrected chi connectivity index (χ4v) is 4.81. The number of benzene rings is 1. The van der Waals surface area contributed by atoms with E-state index in [1.54, 1.807) is 48.6 Å². The third kappa shape index (κ3) is 3.70.